The molecule has 0 aromatic carbocycles. The summed E-state index contributed by atoms with van der Waals surface area (Å²) in [6.07, 6.45) is 2.62. The van der Waals surface area contributed by atoms with E-state index in [0.29, 0.717) is 6.61 Å². The van der Waals surface area contributed by atoms with Crippen LogP contribution in [0.15, 0.2) is 0 Å². The summed E-state index contributed by atoms with van der Waals surface area (Å²) >= 11 is 0. The number of nitrogens with one attached hydrogen (secondary N) is 1. The summed E-state index contributed by atoms with van der Waals surface area (Å²) < 4.78 is 21.9. The van der Waals surface area contributed by atoms with Gasteiger partial charge >= 0.3 is 0 Å². The number of halogens is 1. The number of rotatable bonds is 9. The lowest BCUT2D eigenvalue weighted by Gasteiger charge is -2.07. The molecule has 80 valence electrons. The Kier molecular flexibility index (Phi) is 9.75. The molecule has 0 radical (unpaired) electrons. The average Bonchev–Trinajstić information content (AvgIpc) is 2.16. The molecular formula is C9H20FNO2. The van der Waals surface area contributed by atoms with Crippen LogP contribution in [0.2, 0.25) is 0 Å². The largest absolute Gasteiger partial charge is 0.385 e. The van der Waals surface area contributed by atoms with Crippen molar-refractivity contribution >= 4 is 0 Å². The van der Waals surface area contributed by atoms with Gasteiger partial charge in [-0.15, -0.1) is 4.48 Å². The second kappa shape index (κ2) is 9.89. The van der Waals surface area contributed by atoms with Gasteiger partial charge in [0.15, 0.2) is 0 Å². The molecule has 0 aliphatic rings. The van der Waals surface area contributed by atoms with Crippen molar-refractivity contribution in [2.75, 3.05) is 26.9 Å². The zero-order valence-corrected chi connectivity index (χ0v) is 8.51. The molecule has 0 rings (SSSR count). The molecule has 0 saturated carbocycles. The minimum Gasteiger partial charge on any atom is -0.385 e. The fourth-order valence-corrected chi connectivity index (χ4v) is 0.954. The Balaban J connectivity index is 2.91. The van der Waals surface area contributed by atoms with Crippen LogP contribution in [0.3, 0.4) is 0 Å². The highest BCUT2D eigenvalue weighted by Gasteiger charge is 1.98. The lowest BCUT2D eigenvalue weighted by Crippen LogP contribution is -2.17. The van der Waals surface area contributed by atoms with Crippen molar-refractivity contribution in [3.8, 4) is 0 Å². The Morgan fingerprint density at radius 1 is 1.23 bits per heavy atom. The third kappa shape index (κ3) is 9.73. The molecule has 0 aromatic rings. The average molecular weight is 193 g/mol. The second-order valence-electron chi connectivity index (χ2n) is 3.11. The number of hydrogen-bond acceptors (Lipinski definition) is 3. The first-order valence-corrected chi connectivity index (χ1v) is 4.74. The third-order valence-electron chi connectivity index (χ3n) is 1.75. The Morgan fingerprint density at radius 3 is 2.54 bits per heavy atom. The van der Waals surface area contributed by atoms with Gasteiger partial charge in [-0.05, 0) is 26.2 Å². The molecule has 1 atom stereocenters. The summed E-state index contributed by atoms with van der Waals surface area (Å²) in [5.41, 5.74) is 1.70. The number of hydrogen-bond donors (Lipinski definition) is 1. The van der Waals surface area contributed by atoms with Gasteiger partial charge in [-0.3, -0.25) is 0 Å². The summed E-state index contributed by atoms with van der Waals surface area (Å²) in [6, 6.07) is -0.0671. The normalized spacial score (nSPS) is 13.2. The fraction of sp³-hybridized carbons (Fsp3) is 1.00. The molecule has 0 heterocycles. The van der Waals surface area contributed by atoms with E-state index in [4.69, 9.17) is 9.47 Å². The molecule has 13 heavy (non-hydrogen) atoms. The highest BCUT2D eigenvalue weighted by Crippen LogP contribution is 1.97. The molecular weight excluding hydrogens is 173 g/mol. The van der Waals surface area contributed by atoms with Crippen LogP contribution in [0, 0.1) is 0 Å². The van der Waals surface area contributed by atoms with Crippen molar-refractivity contribution in [1.82, 2.24) is 5.54 Å². The van der Waals surface area contributed by atoms with E-state index >= 15 is 0 Å². The fourth-order valence-electron chi connectivity index (χ4n) is 0.954. The molecule has 0 amide bonds. The maximum Gasteiger partial charge on any atom is 0.0487 e. The molecule has 0 saturated heterocycles. The standard InChI is InChI=1S/C9H20FNO2/c1-9(11-10)5-3-7-13-8-4-6-12-2/h9,11H,3-8H2,1-2H3. The zero-order valence-electron chi connectivity index (χ0n) is 8.51. The first kappa shape index (κ1) is 12.8. The smallest absolute Gasteiger partial charge is 0.0487 e. The highest BCUT2D eigenvalue weighted by molar-refractivity contribution is 4.53. The lowest BCUT2D eigenvalue weighted by molar-refractivity contribution is 0.0978. The SMILES string of the molecule is COCCCOCCCC(C)NF. The molecule has 0 aromatic heterocycles. The van der Waals surface area contributed by atoms with E-state index in [1.807, 2.05) is 6.92 Å². The van der Waals surface area contributed by atoms with Gasteiger partial charge in [-0.25, -0.2) is 0 Å². The maximum atomic E-state index is 11.8. The quantitative estimate of drug-likeness (QED) is 0.446. The van der Waals surface area contributed by atoms with Gasteiger partial charge in [0.2, 0.25) is 0 Å². The lowest BCUT2D eigenvalue weighted by atomic mass is 10.2. The first-order valence-electron chi connectivity index (χ1n) is 4.74. The third-order valence-corrected chi connectivity index (χ3v) is 1.75. The molecule has 1 unspecified atom stereocenters. The summed E-state index contributed by atoms with van der Waals surface area (Å²) in [5.74, 6) is 0. The van der Waals surface area contributed by atoms with Crippen LogP contribution in [0.1, 0.15) is 26.2 Å². The topological polar surface area (TPSA) is 30.5 Å². The van der Waals surface area contributed by atoms with Crippen LogP contribution in [-0.2, 0) is 9.47 Å². The molecule has 0 aliphatic carbocycles. The van der Waals surface area contributed by atoms with E-state index in [0.717, 1.165) is 32.5 Å². The van der Waals surface area contributed by atoms with Crippen LogP contribution < -0.4 is 5.54 Å². The van der Waals surface area contributed by atoms with E-state index < -0.39 is 0 Å². The number of ether oxygens (including phenoxy) is 2. The van der Waals surface area contributed by atoms with Gasteiger partial charge in [0, 0.05) is 33.0 Å². The second-order valence-corrected chi connectivity index (χ2v) is 3.11. The van der Waals surface area contributed by atoms with Crippen molar-refractivity contribution in [3.05, 3.63) is 0 Å². The predicted molar refractivity (Wildman–Crippen MR) is 50.3 cm³/mol. The molecule has 0 spiro atoms. The van der Waals surface area contributed by atoms with Gasteiger partial charge in [0.1, 0.15) is 0 Å². The maximum absolute atomic E-state index is 11.8. The van der Waals surface area contributed by atoms with E-state index in [-0.39, 0.29) is 6.04 Å². The zero-order chi connectivity index (χ0) is 9.94. The van der Waals surface area contributed by atoms with Gasteiger partial charge < -0.3 is 9.47 Å². The Morgan fingerprint density at radius 2 is 1.92 bits per heavy atom. The van der Waals surface area contributed by atoms with Gasteiger partial charge in [0.25, 0.3) is 0 Å². The van der Waals surface area contributed by atoms with Crippen LogP contribution in [0.25, 0.3) is 0 Å². The highest BCUT2D eigenvalue weighted by atomic mass is 19.2. The summed E-state index contributed by atoms with van der Waals surface area (Å²) in [5, 5.41) is 0. The van der Waals surface area contributed by atoms with Crippen LogP contribution >= 0.6 is 0 Å². The number of methoxy groups -OCH3 is 1. The summed E-state index contributed by atoms with van der Waals surface area (Å²) in [4.78, 5) is 0. The van der Waals surface area contributed by atoms with Crippen molar-refractivity contribution in [1.29, 1.82) is 0 Å². The van der Waals surface area contributed by atoms with Gasteiger partial charge in [-0.1, -0.05) is 0 Å². The Labute approximate surface area is 79.5 Å². The molecule has 0 bridgehead atoms. The van der Waals surface area contributed by atoms with E-state index in [1.165, 1.54) is 0 Å². The van der Waals surface area contributed by atoms with Gasteiger partial charge in [0.05, 0.1) is 0 Å². The van der Waals surface area contributed by atoms with E-state index in [9.17, 15) is 4.48 Å². The molecule has 0 aliphatic heterocycles. The van der Waals surface area contributed by atoms with Crippen molar-refractivity contribution in [2.45, 2.75) is 32.2 Å². The predicted octanol–water partition coefficient (Wildman–Crippen LogP) is 1.68. The van der Waals surface area contributed by atoms with E-state index in [1.54, 1.807) is 12.6 Å². The minimum atomic E-state index is -0.0671. The van der Waals surface area contributed by atoms with Crippen molar-refractivity contribution < 1.29 is 14.0 Å². The minimum absolute atomic E-state index is 0.0671. The van der Waals surface area contributed by atoms with Gasteiger partial charge in [-0.2, -0.15) is 5.54 Å². The summed E-state index contributed by atoms with van der Waals surface area (Å²) in [6.45, 7) is 3.98. The van der Waals surface area contributed by atoms with Crippen LogP contribution in [-0.4, -0.2) is 33.0 Å². The Hall–Kier alpha value is -0.190. The van der Waals surface area contributed by atoms with Crippen LogP contribution in [0.4, 0.5) is 4.48 Å². The summed E-state index contributed by atoms with van der Waals surface area (Å²) in [7, 11) is 1.68. The monoisotopic (exact) mass is 193 g/mol. The molecule has 1 N–H and O–H groups in total. The van der Waals surface area contributed by atoms with E-state index in [2.05, 4.69) is 0 Å². The van der Waals surface area contributed by atoms with Crippen molar-refractivity contribution in [3.63, 3.8) is 0 Å². The molecule has 4 heteroatoms. The van der Waals surface area contributed by atoms with Crippen molar-refractivity contribution in [2.24, 2.45) is 0 Å². The first-order chi connectivity index (χ1) is 6.31. The molecule has 3 nitrogen and oxygen atoms in total. The molecule has 0 fully saturated rings. The Bertz CT molecular complexity index is 104. The van der Waals surface area contributed by atoms with Crippen LogP contribution in [0.5, 0.6) is 0 Å².